The minimum atomic E-state index is -4.55. The fourth-order valence-electron chi connectivity index (χ4n) is 4.28. The molecular formula is C18H18ClF3N4O2. The minimum Gasteiger partial charge on any atom is -0.391 e. The molecule has 2 fully saturated rings. The Kier molecular flexibility index (Phi) is 4.83. The Labute approximate surface area is 163 Å². The van der Waals surface area contributed by atoms with Crippen LogP contribution in [0.5, 0.6) is 0 Å². The normalized spacial score (nSPS) is 27.7. The number of fused-ring (bicyclic) bond motifs is 1. The molecule has 6 nitrogen and oxygen atoms in total. The maximum absolute atomic E-state index is 13.0. The first-order chi connectivity index (χ1) is 13.2. The molecule has 0 unspecified atom stereocenters. The minimum absolute atomic E-state index is 0.00611. The fourth-order valence-corrected chi connectivity index (χ4v) is 4.48. The molecule has 28 heavy (non-hydrogen) atoms. The molecule has 0 radical (unpaired) electrons. The number of aliphatic hydroxyl groups excluding tert-OH is 1. The molecule has 4 rings (SSSR count). The number of amides is 1. The van der Waals surface area contributed by atoms with Crippen LogP contribution in [0.2, 0.25) is 5.02 Å². The summed E-state index contributed by atoms with van der Waals surface area (Å²) in [6.07, 6.45) is -1.10. The summed E-state index contributed by atoms with van der Waals surface area (Å²) in [4.78, 5) is 18.3. The maximum Gasteiger partial charge on any atom is 0.416 e. The second kappa shape index (κ2) is 7.04. The largest absolute Gasteiger partial charge is 0.416 e. The highest BCUT2D eigenvalue weighted by Crippen LogP contribution is 2.42. The standard InChI is InChI=1S/C18H18ClF3N4O2/c19-14-2-1-12(18(20,21)22)5-13(14)17(28)25-6-10-3-15(26-9-23-8-24-26)16(27)4-11(10)7-25/h1-2,5,8-11,15-16,27H,3-4,6-7H2/t10-,11+,15-,16-/m1/s1. The van der Waals surface area contributed by atoms with E-state index in [1.165, 1.54) is 11.2 Å². The highest BCUT2D eigenvalue weighted by molar-refractivity contribution is 6.33. The van der Waals surface area contributed by atoms with E-state index < -0.39 is 23.8 Å². The third-order valence-electron chi connectivity index (χ3n) is 5.70. The van der Waals surface area contributed by atoms with Gasteiger partial charge in [0.25, 0.3) is 5.91 Å². The van der Waals surface area contributed by atoms with E-state index in [9.17, 15) is 23.1 Å². The summed E-state index contributed by atoms with van der Waals surface area (Å²) in [5.74, 6) is -0.299. The number of nitrogens with zero attached hydrogens (tertiary/aromatic N) is 4. The van der Waals surface area contributed by atoms with Gasteiger partial charge < -0.3 is 10.0 Å². The van der Waals surface area contributed by atoms with Crippen molar-refractivity contribution in [2.45, 2.75) is 31.2 Å². The molecule has 1 aliphatic carbocycles. The van der Waals surface area contributed by atoms with Crippen LogP contribution < -0.4 is 0 Å². The molecule has 1 N–H and O–H groups in total. The van der Waals surface area contributed by atoms with E-state index in [1.54, 1.807) is 11.0 Å². The lowest BCUT2D eigenvalue weighted by atomic mass is 9.77. The molecule has 2 aromatic rings. The average molecular weight is 415 g/mol. The SMILES string of the molecule is O=C(c1cc(C(F)(F)F)ccc1Cl)N1C[C@H]2C[C@@H](n3cncn3)[C@H](O)C[C@H]2C1. The maximum atomic E-state index is 13.0. The number of rotatable bonds is 2. The number of halogens is 4. The molecule has 1 amide bonds. The highest BCUT2D eigenvalue weighted by atomic mass is 35.5. The molecule has 0 bridgehead atoms. The van der Waals surface area contributed by atoms with E-state index in [-0.39, 0.29) is 28.5 Å². The molecule has 2 heterocycles. The molecule has 1 saturated heterocycles. The second-order valence-electron chi connectivity index (χ2n) is 7.40. The van der Waals surface area contributed by atoms with Crippen LogP contribution in [0, 0.1) is 11.8 Å². The predicted octanol–water partition coefficient (Wildman–Crippen LogP) is 3.03. The summed E-state index contributed by atoms with van der Waals surface area (Å²) in [5.41, 5.74) is -1.05. The molecule has 1 saturated carbocycles. The molecule has 1 aromatic carbocycles. The van der Waals surface area contributed by atoms with Crippen molar-refractivity contribution in [1.82, 2.24) is 19.7 Å². The van der Waals surface area contributed by atoms with E-state index in [0.717, 1.165) is 18.2 Å². The summed E-state index contributed by atoms with van der Waals surface area (Å²) in [5, 5.41) is 14.5. The number of likely N-dealkylation sites (tertiary alicyclic amines) is 1. The van der Waals surface area contributed by atoms with Gasteiger partial charge in [-0.05, 0) is 42.9 Å². The number of carbonyl (C=O) groups excluding carboxylic acids is 1. The lowest BCUT2D eigenvalue weighted by Gasteiger charge is -2.34. The first kappa shape index (κ1) is 19.2. The molecule has 4 atom stereocenters. The topological polar surface area (TPSA) is 71.2 Å². The van der Waals surface area contributed by atoms with Gasteiger partial charge in [0.2, 0.25) is 0 Å². The second-order valence-corrected chi connectivity index (χ2v) is 7.81. The van der Waals surface area contributed by atoms with Gasteiger partial charge in [-0.1, -0.05) is 11.6 Å². The van der Waals surface area contributed by atoms with Crippen molar-refractivity contribution in [3.8, 4) is 0 Å². The number of aliphatic hydroxyl groups is 1. The zero-order valence-corrected chi connectivity index (χ0v) is 15.4. The Bertz CT molecular complexity index is 874. The van der Waals surface area contributed by atoms with E-state index in [2.05, 4.69) is 10.1 Å². The number of hydrogen-bond donors (Lipinski definition) is 1. The number of alkyl halides is 3. The van der Waals surface area contributed by atoms with Crippen molar-refractivity contribution < 1.29 is 23.1 Å². The molecular weight excluding hydrogens is 397 g/mol. The van der Waals surface area contributed by atoms with Gasteiger partial charge >= 0.3 is 6.18 Å². The summed E-state index contributed by atoms with van der Waals surface area (Å²) >= 11 is 6.01. The van der Waals surface area contributed by atoms with Crippen molar-refractivity contribution in [1.29, 1.82) is 0 Å². The van der Waals surface area contributed by atoms with Gasteiger partial charge in [-0.3, -0.25) is 4.79 Å². The molecule has 2 aliphatic rings. The third-order valence-corrected chi connectivity index (χ3v) is 6.03. The highest BCUT2D eigenvalue weighted by Gasteiger charge is 2.44. The van der Waals surface area contributed by atoms with Gasteiger partial charge in [-0.15, -0.1) is 0 Å². The average Bonchev–Trinajstić information content (AvgIpc) is 3.29. The Morgan fingerprint density at radius 2 is 1.93 bits per heavy atom. The number of aromatic nitrogens is 3. The summed E-state index contributed by atoms with van der Waals surface area (Å²) in [6, 6.07) is 2.54. The molecule has 1 aliphatic heterocycles. The predicted molar refractivity (Wildman–Crippen MR) is 93.6 cm³/mol. The van der Waals surface area contributed by atoms with Gasteiger partial charge in [0.1, 0.15) is 12.7 Å². The Balaban J connectivity index is 1.52. The van der Waals surface area contributed by atoms with E-state index in [0.29, 0.717) is 25.9 Å². The molecule has 0 spiro atoms. The van der Waals surface area contributed by atoms with Gasteiger partial charge in [-0.25, -0.2) is 9.67 Å². The van der Waals surface area contributed by atoms with Gasteiger partial charge in [0.15, 0.2) is 0 Å². The van der Waals surface area contributed by atoms with Crippen molar-refractivity contribution >= 4 is 17.5 Å². The number of carbonyl (C=O) groups is 1. The van der Waals surface area contributed by atoms with Crippen molar-refractivity contribution in [2.75, 3.05) is 13.1 Å². The van der Waals surface area contributed by atoms with Gasteiger partial charge in [0.05, 0.1) is 28.3 Å². The van der Waals surface area contributed by atoms with E-state index in [4.69, 9.17) is 11.6 Å². The third kappa shape index (κ3) is 3.48. The molecule has 150 valence electrons. The lowest BCUT2D eigenvalue weighted by Crippen LogP contribution is -2.36. The van der Waals surface area contributed by atoms with Crippen LogP contribution in [0.25, 0.3) is 0 Å². The molecule has 10 heteroatoms. The summed E-state index contributed by atoms with van der Waals surface area (Å²) < 4.78 is 40.6. The van der Waals surface area contributed by atoms with Crippen LogP contribution in [0.3, 0.4) is 0 Å². The Morgan fingerprint density at radius 3 is 2.57 bits per heavy atom. The van der Waals surface area contributed by atoms with Crippen LogP contribution >= 0.6 is 11.6 Å². The van der Waals surface area contributed by atoms with Gasteiger partial charge in [-0.2, -0.15) is 18.3 Å². The lowest BCUT2D eigenvalue weighted by molar-refractivity contribution is -0.137. The smallest absolute Gasteiger partial charge is 0.391 e. The van der Waals surface area contributed by atoms with E-state index >= 15 is 0 Å². The van der Waals surface area contributed by atoms with Crippen molar-refractivity contribution in [2.24, 2.45) is 11.8 Å². The van der Waals surface area contributed by atoms with Crippen LogP contribution in [-0.4, -0.2) is 49.9 Å². The van der Waals surface area contributed by atoms with Crippen LogP contribution in [0.4, 0.5) is 13.2 Å². The summed E-state index contributed by atoms with van der Waals surface area (Å²) in [6.45, 7) is 0.797. The van der Waals surface area contributed by atoms with Crippen LogP contribution in [-0.2, 0) is 6.18 Å². The fraction of sp³-hybridized carbons (Fsp3) is 0.500. The molecule has 1 aromatic heterocycles. The van der Waals surface area contributed by atoms with Crippen molar-refractivity contribution in [3.05, 3.63) is 47.0 Å². The first-order valence-corrected chi connectivity index (χ1v) is 9.30. The summed E-state index contributed by atoms with van der Waals surface area (Å²) in [7, 11) is 0. The number of benzene rings is 1. The van der Waals surface area contributed by atoms with Crippen LogP contribution in [0.1, 0.15) is 34.8 Å². The zero-order chi connectivity index (χ0) is 20.1. The number of hydrogen-bond acceptors (Lipinski definition) is 4. The Hall–Kier alpha value is -2.13. The van der Waals surface area contributed by atoms with E-state index in [1.807, 2.05) is 0 Å². The monoisotopic (exact) mass is 414 g/mol. The Morgan fingerprint density at radius 1 is 1.21 bits per heavy atom. The zero-order valence-electron chi connectivity index (χ0n) is 14.7. The first-order valence-electron chi connectivity index (χ1n) is 8.92. The van der Waals surface area contributed by atoms with Crippen LogP contribution in [0.15, 0.2) is 30.9 Å². The van der Waals surface area contributed by atoms with Gasteiger partial charge in [0, 0.05) is 13.1 Å². The quantitative estimate of drug-likeness (QED) is 0.820. The van der Waals surface area contributed by atoms with Crippen molar-refractivity contribution in [3.63, 3.8) is 0 Å².